The maximum Gasteiger partial charge on any atom is 0.127 e. The molecule has 0 aliphatic rings. The molecule has 120 valence electrons. The van der Waals surface area contributed by atoms with Crippen LogP contribution in [-0.2, 0) is 6.42 Å². The Balaban J connectivity index is 2.63. The van der Waals surface area contributed by atoms with Gasteiger partial charge in [-0.2, -0.15) is 0 Å². The summed E-state index contributed by atoms with van der Waals surface area (Å²) in [5, 5.41) is 3.99. The van der Waals surface area contributed by atoms with Gasteiger partial charge in [0, 0.05) is 11.1 Å². The first kappa shape index (κ1) is 18.4. The predicted molar refractivity (Wildman–Crippen MR) is 89.6 cm³/mol. The molecule has 21 heavy (non-hydrogen) atoms. The molecule has 0 fully saturated rings. The molecule has 0 amide bonds. The molecule has 4 heteroatoms. The zero-order valence-corrected chi connectivity index (χ0v) is 14.2. The molecular formula is C17H28ClFN2. The van der Waals surface area contributed by atoms with Crippen molar-refractivity contribution >= 4 is 11.6 Å². The molecule has 0 aromatic heterocycles. The van der Waals surface area contributed by atoms with E-state index in [0.717, 1.165) is 44.6 Å². The molecule has 0 radical (unpaired) electrons. The summed E-state index contributed by atoms with van der Waals surface area (Å²) in [4.78, 5) is 2.40. The van der Waals surface area contributed by atoms with Crippen LogP contribution in [0.1, 0.15) is 39.2 Å². The molecule has 1 atom stereocenters. The van der Waals surface area contributed by atoms with Gasteiger partial charge in [-0.1, -0.05) is 38.4 Å². The van der Waals surface area contributed by atoms with Crippen LogP contribution >= 0.6 is 11.6 Å². The van der Waals surface area contributed by atoms with E-state index in [-0.39, 0.29) is 5.82 Å². The van der Waals surface area contributed by atoms with E-state index in [1.54, 1.807) is 12.1 Å². The Morgan fingerprint density at radius 2 is 1.95 bits per heavy atom. The molecule has 1 N–H and O–H groups in total. The van der Waals surface area contributed by atoms with Gasteiger partial charge in [0.25, 0.3) is 0 Å². The molecular weight excluding hydrogens is 287 g/mol. The number of rotatable bonds is 10. The van der Waals surface area contributed by atoms with Crippen LogP contribution in [-0.4, -0.2) is 37.1 Å². The third kappa shape index (κ3) is 6.77. The SMILES string of the molecule is CCCNC(CCN(CC)CC)Cc1ccc(Cl)cc1F. The molecule has 0 aliphatic carbocycles. The average Bonchev–Trinajstić information content (AvgIpc) is 2.47. The van der Waals surface area contributed by atoms with Crippen LogP contribution in [0.25, 0.3) is 0 Å². The van der Waals surface area contributed by atoms with Gasteiger partial charge in [-0.05, 0) is 63.1 Å². The molecule has 2 nitrogen and oxygen atoms in total. The minimum atomic E-state index is -0.200. The maximum absolute atomic E-state index is 13.9. The molecule has 0 spiro atoms. The number of halogens is 2. The first-order chi connectivity index (χ1) is 10.1. The molecule has 1 unspecified atom stereocenters. The summed E-state index contributed by atoms with van der Waals surface area (Å²) >= 11 is 5.82. The predicted octanol–water partition coefficient (Wildman–Crippen LogP) is 4.12. The molecule has 0 bridgehead atoms. The van der Waals surface area contributed by atoms with Crippen LogP contribution in [0.5, 0.6) is 0 Å². The average molecular weight is 315 g/mol. The number of hydrogen-bond donors (Lipinski definition) is 1. The van der Waals surface area contributed by atoms with E-state index < -0.39 is 0 Å². The first-order valence-electron chi connectivity index (χ1n) is 8.00. The Kier molecular flexibility index (Phi) is 8.90. The topological polar surface area (TPSA) is 15.3 Å². The highest BCUT2D eigenvalue weighted by Gasteiger charge is 2.13. The van der Waals surface area contributed by atoms with E-state index in [1.807, 2.05) is 0 Å². The number of benzene rings is 1. The van der Waals surface area contributed by atoms with E-state index >= 15 is 0 Å². The smallest absolute Gasteiger partial charge is 0.127 e. The lowest BCUT2D eigenvalue weighted by atomic mass is 10.0. The van der Waals surface area contributed by atoms with Crippen molar-refractivity contribution in [2.24, 2.45) is 0 Å². The van der Waals surface area contributed by atoms with Gasteiger partial charge in [0.15, 0.2) is 0 Å². The van der Waals surface area contributed by atoms with Crippen LogP contribution in [0.3, 0.4) is 0 Å². The molecule has 0 aliphatic heterocycles. The summed E-state index contributed by atoms with van der Waals surface area (Å²) in [6.45, 7) is 10.6. The van der Waals surface area contributed by atoms with Gasteiger partial charge in [-0.3, -0.25) is 0 Å². The van der Waals surface area contributed by atoms with Crippen LogP contribution in [0.4, 0.5) is 4.39 Å². The molecule has 0 heterocycles. The highest BCUT2D eigenvalue weighted by atomic mass is 35.5. The summed E-state index contributed by atoms with van der Waals surface area (Å²) < 4.78 is 13.9. The Bertz CT molecular complexity index is 408. The normalized spacial score (nSPS) is 12.9. The van der Waals surface area contributed by atoms with Crippen molar-refractivity contribution in [1.82, 2.24) is 10.2 Å². The zero-order valence-electron chi connectivity index (χ0n) is 13.5. The third-order valence-electron chi connectivity index (χ3n) is 3.85. The Morgan fingerprint density at radius 1 is 1.24 bits per heavy atom. The van der Waals surface area contributed by atoms with Crippen LogP contribution < -0.4 is 5.32 Å². The van der Waals surface area contributed by atoms with Crippen molar-refractivity contribution in [3.8, 4) is 0 Å². The largest absolute Gasteiger partial charge is 0.314 e. The fourth-order valence-electron chi connectivity index (χ4n) is 2.46. The van der Waals surface area contributed by atoms with Gasteiger partial charge in [0.2, 0.25) is 0 Å². The summed E-state index contributed by atoms with van der Waals surface area (Å²) in [6.07, 6.45) is 2.83. The van der Waals surface area contributed by atoms with E-state index in [4.69, 9.17) is 11.6 Å². The van der Waals surface area contributed by atoms with Crippen molar-refractivity contribution < 1.29 is 4.39 Å². The summed E-state index contributed by atoms with van der Waals surface area (Å²) in [5.74, 6) is -0.200. The summed E-state index contributed by atoms with van der Waals surface area (Å²) in [7, 11) is 0. The highest BCUT2D eigenvalue weighted by molar-refractivity contribution is 6.30. The van der Waals surface area contributed by atoms with E-state index in [1.165, 1.54) is 6.07 Å². The lowest BCUT2D eigenvalue weighted by Crippen LogP contribution is -2.36. The van der Waals surface area contributed by atoms with Crippen molar-refractivity contribution in [1.29, 1.82) is 0 Å². The van der Waals surface area contributed by atoms with Crippen molar-refractivity contribution in [2.45, 2.75) is 46.1 Å². The van der Waals surface area contributed by atoms with Gasteiger partial charge in [0.1, 0.15) is 5.82 Å². The fourth-order valence-corrected chi connectivity index (χ4v) is 2.61. The second kappa shape index (κ2) is 10.1. The monoisotopic (exact) mass is 314 g/mol. The van der Waals surface area contributed by atoms with Gasteiger partial charge < -0.3 is 10.2 Å². The lowest BCUT2D eigenvalue weighted by molar-refractivity contribution is 0.280. The summed E-state index contributed by atoms with van der Waals surface area (Å²) in [6, 6.07) is 5.27. The molecule has 1 aromatic carbocycles. The van der Waals surface area contributed by atoms with Gasteiger partial charge in [-0.15, -0.1) is 0 Å². The number of nitrogens with one attached hydrogen (secondary N) is 1. The van der Waals surface area contributed by atoms with Crippen molar-refractivity contribution in [3.05, 3.63) is 34.6 Å². The highest BCUT2D eigenvalue weighted by Crippen LogP contribution is 2.17. The van der Waals surface area contributed by atoms with E-state index in [9.17, 15) is 4.39 Å². The molecule has 0 saturated carbocycles. The maximum atomic E-state index is 13.9. The van der Waals surface area contributed by atoms with Crippen molar-refractivity contribution in [3.63, 3.8) is 0 Å². The van der Waals surface area contributed by atoms with E-state index in [2.05, 4.69) is 31.0 Å². The molecule has 1 aromatic rings. The molecule has 0 saturated heterocycles. The van der Waals surface area contributed by atoms with Crippen LogP contribution in [0, 0.1) is 5.82 Å². The quantitative estimate of drug-likeness (QED) is 0.699. The molecule has 1 rings (SSSR count). The van der Waals surface area contributed by atoms with Gasteiger partial charge >= 0.3 is 0 Å². The summed E-state index contributed by atoms with van der Waals surface area (Å²) in [5.41, 5.74) is 0.743. The number of nitrogens with zero attached hydrogens (tertiary/aromatic N) is 1. The Morgan fingerprint density at radius 3 is 2.52 bits per heavy atom. The van der Waals surface area contributed by atoms with Gasteiger partial charge in [-0.25, -0.2) is 4.39 Å². The van der Waals surface area contributed by atoms with Crippen molar-refractivity contribution in [2.75, 3.05) is 26.2 Å². The minimum absolute atomic E-state index is 0.200. The first-order valence-corrected chi connectivity index (χ1v) is 8.38. The number of hydrogen-bond acceptors (Lipinski definition) is 2. The lowest BCUT2D eigenvalue weighted by Gasteiger charge is -2.24. The van der Waals surface area contributed by atoms with E-state index in [0.29, 0.717) is 17.5 Å². The zero-order chi connectivity index (χ0) is 15.7. The van der Waals surface area contributed by atoms with Gasteiger partial charge in [0.05, 0.1) is 0 Å². The Hall–Kier alpha value is -0.640. The fraction of sp³-hybridized carbons (Fsp3) is 0.647. The second-order valence-electron chi connectivity index (χ2n) is 5.41. The van der Waals surface area contributed by atoms with Crippen LogP contribution in [0.2, 0.25) is 5.02 Å². The van der Waals surface area contributed by atoms with Crippen LogP contribution in [0.15, 0.2) is 18.2 Å². The Labute approximate surface area is 133 Å². The standard InChI is InChI=1S/C17H28ClFN2/c1-4-10-20-16(9-11-21(5-2)6-3)12-14-7-8-15(18)13-17(14)19/h7-8,13,16,20H,4-6,9-12H2,1-3H3. The second-order valence-corrected chi connectivity index (χ2v) is 5.84. The third-order valence-corrected chi connectivity index (χ3v) is 4.09. The minimum Gasteiger partial charge on any atom is -0.314 e.